The highest BCUT2D eigenvalue weighted by molar-refractivity contribution is 5.85. The standard InChI is InChI=1S/C13H15N3.ClH/c1-2-10-3-4-11(8-13(10)15-6-1)16-12-5-7-14-9-12;/h1-4,6,8,12,14,16H,5,7,9H2;1H/t12-;/m1./s1. The second kappa shape index (κ2) is 5.34. The van der Waals surface area contributed by atoms with E-state index >= 15 is 0 Å². The summed E-state index contributed by atoms with van der Waals surface area (Å²) in [5.41, 5.74) is 2.22. The highest BCUT2D eigenvalue weighted by Crippen LogP contribution is 2.18. The molecular formula is C13H16ClN3. The van der Waals surface area contributed by atoms with Crippen molar-refractivity contribution in [1.29, 1.82) is 0 Å². The molecule has 1 fully saturated rings. The van der Waals surface area contributed by atoms with Crippen LogP contribution in [0, 0.1) is 0 Å². The normalized spacial score (nSPS) is 18.9. The smallest absolute Gasteiger partial charge is 0.0722 e. The fourth-order valence-electron chi connectivity index (χ4n) is 2.17. The van der Waals surface area contributed by atoms with Crippen LogP contribution in [0.3, 0.4) is 0 Å². The van der Waals surface area contributed by atoms with Crippen molar-refractivity contribution in [3.05, 3.63) is 36.5 Å². The number of aromatic nitrogens is 1. The zero-order valence-electron chi connectivity index (χ0n) is 9.52. The van der Waals surface area contributed by atoms with Crippen molar-refractivity contribution in [3.63, 3.8) is 0 Å². The Bertz CT molecular complexity index is 495. The van der Waals surface area contributed by atoms with Gasteiger partial charge in [0.25, 0.3) is 0 Å². The van der Waals surface area contributed by atoms with Gasteiger partial charge in [0.05, 0.1) is 5.52 Å². The van der Waals surface area contributed by atoms with Gasteiger partial charge in [0.1, 0.15) is 0 Å². The lowest BCUT2D eigenvalue weighted by atomic mass is 10.2. The molecule has 2 N–H and O–H groups in total. The summed E-state index contributed by atoms with van der Waals surface area (Å²) >= 11 is 0. The molecule has 2 heterocycles. The minimum Gasteiger partial charge on any atom is -0.381 e. The zero-order valence-corrected chi connectivity index (χ0v) is 10.3. The predicted molar refractivity (Wildman–Crippen MR) is 73.9 cm³/mol. The minimum absolute atomic E-state index is 0. The number of halogens is 1. The molecule has 3 nitrogen and oxygen atoms in total. The van der Waals surface area contributed by atoms with E-state index in [-0.39, 0.29) is 12.4 Å². The van der Waals surface area contributed by atoms with Crippen molar-refractivity contribution in [2.24, 2.45) is 0 Å². The fraction of sp³-hybridized carbons (Fsp3) is 0.308. The number of hydrogen-bond acceptors (Lipinski definition) is 3. The maximum Gasteiger partial charge on any atom is 0.0722 e. The van der Waals surface area contributed by atoms with Crippen molar-refractivity contribution < 1.29 is 0 Å². The summed E-state index contributed by atoms with van der Waals surface area (Å²) in [6, 6.07) is 11.0. The summed E-state index contributed by atoms with van der Waals surface area (Å²) in [4.78, 5) is 4.36. The van der Waals surface area contributed by atoms with Gasteiger partial charge in [-0.3, -0.25) is 4.98 Å². The van der Waals surface area contributed by atoms with Crippen LogP contribution in [0.1, 0.15) is 6.42 Å². The van der Waals surface area contributed by atoms with Crippen LogP contribution in [0.5, 0.6) is 0 Å². The number of anilines is 1. The molecule has 0 unspecified atom stereocenters. The van der Waals surface area contributed by atoms with Crippen LogP contribution in [-0.2, 0) is 0 Å². The molecule has 0 saturated carbocycles. The van der Waals surface area contributed by atoms with Gasteiger partial charge in [-0.05, 0) is 31.2 Å². The van der Waals surface area contributed by atoms with E-state index in [1.165, 1.54) is 17.5 Å². The third kappa shape index (κ3) is 2.68. The topological polar surface area (TPSA) is 37.0 Å². The van der Waals surface area contributed by atoms with E-state index < -0.39 is 0 Å². The zero-order chi connectivity index (χ0) is 10.8. The third-order valence-corrected chi connectivity index (χ3v) is 3.04. The van der Waals surface area contributed by atoms with E-state index in [0.717, 1.165) is 18.6 Å². The van der Waals surface area contributed by atoms with Gasteiger partial charge in [0.2, 0.25) is 0 Å². The Hall–Kier alpha value is -1.32. The lowest BCUT2D eigenvalue weighted by Crippen LogP contribution is -2.21. The Balaban J connectivity index is 0.00000108. The van der Waals surface area contributed by atoms with Crippen molar-refractivity contribution in [3.8, 4) is 0 Å². The molecule has 0 radical (unpaired) electrons. The molecule has 1 atom stereocenters. The second-order valence-electron chi connectivity index (χ2n) is 4.24. The van der Waals surface area contributed by atoms with Gasteiger partial charge in [0, 0.05) is 29.9 Å². The van der Waals surface area contributed by atoms with Crippen LogP contribution in [0.4, 0.5) is 5.69 Å². The van der Waals surface area contributed by atoms with Crippen molar-refractivity contribution in [1.82, 2.24) is 10.3 Å². The Labute approximate surface area is 107 Å². The van der Waals surface area contributed by atoms with Crippen LogP contribution in [0.25, 0.3) is 10.9 Å². The SMILES string of the molecule is Cl.c1cnc2cc(N[C@@H]3CCNC3)ccc2c1. The minimum atomic E-state index is 0. The van der Waals surface area contributed by atoms with Crippen LogP contribution < -0.4 is 10.6 Å². The van der Waals surface area contributed by atoms with E-state index in [2.05, 4.69) is 39.9 Å². The third-order valence-electron chi connectivity index (χ3n) is 3.04. The summed E-state index contributed by atoms with van der Waals surface area (Å²) in [5.74, 6) is 0. The number of nitrogens with zero attached hydrogens (tertiary/aromatic N) is 1. The van der Waals surface area contributed by atoms with Crippen LogP contribution in [-0.4, -0.2) is 24.1 Å². The van der Waals surface area contributed by atoms with Gasteiger partial charge < -0.3 is 10.6 Å². The molecule has 0 aliphatic carbocycles. The molecule has 17 heavy (non-hydrogen) atoms. The summed E-state index contributed by atoms with van der Waals surface area (Å²) in [6.07, 6.45) is 3.03. The quantitative estimate of drug-likeness (QED) is 0.859. The number of hydrogen-bond donors (Lipinski definition) is 2. The Morgan fingerprint density at radius 2 is 2.24 bits per heavy atom. The second-order valence-corrected chi connectivity index (χ2v) is 4.24. The van der Waals surface area contributed by atoms with Gasteiger partial charge in [-0.25, -0.2) is 0 Å². The highest BCUT2D eigenvalue weighted by atomic mass is 35.5. The van der Waals surface area contributed by atoms with E-state index in [1.807, 2.05) is 12.3 Å². The van der Waals surface area contributed by atoms with E-state index in [1.54, 1.807) is 0 Å². The number of pyridine rings is 1. The largest absolute Gasteiger partial charge is 0.381 e. The Kier molecular flexibility index (Phi) is 3.82. The summed E-state index contributed by atoms with van der Waals surface area (Å²) in [5, 5.41) is 8.07. The molecule has 0 spiro atoms. The maximum atomic E-state index is 4.36. The number of benzene rings is 1. The first-order valence-electron chi connectivity index (χ1n) is 5.74. The number of fused-ring (bicyclic) bond motifs is 1. The molecule has 4 heteroatoms. The lowest BCUT2D eigenvalue weighted by molar-refractivity contribution is 0.793. The molecule has 0 bridgehead atoms. The van der Waals surface area contributed by atoms with Crippen molar-refractivity contribution >= 4 is 29.0 Å². The molecule has 1 aromatic heterocycles. The maximum absolute atomic E-state index is 4.36. The van der Waals surface area contributed by atoms with Crippen molar-refractivity contribution in [2.45, 2.75) is 12.5 Å². The van der Waals surface area contributed by atoms with Gasteiger partial charge in [-0.2, -0.15) is 0 Å². The van der Waals surface area contributed by atoms with Gasteiger partial charge in [-0.15, -0.1) is 12.4 Å². The average molecular weight is 250 g/mol. The molecule has 2 aromatic rings. The molecule has 0 amide bonds. The molecule has 1 saturated heterocycles. The molecule has 1 aliphatic heterocycles. The van der Waals surface area contributed by atoms with Crippen LogP contribution in [0.15, 0.2) is 36.5 Å². The number of nitrogens with one attached hydrogen (secondary N) is 2. The summed E-state index contributed by atoms with van der Waals surface area (Å²) in [7, 11) is 0. The first-order chi connectivity index (χ1) is 7.92. The molecular weight excluding hydrogens is 234 g/mol. The van der Waals surface area contributed by atoms with Gasteiger partial charge in [0.15, 0.2) is 0 Å². The fourth-order valence-corrected chi connectivity index (χ4v) is 2.17. The Morgan fingerprint density at radius 1 is 1.29 bits per heavy atom. The van der Waals surface area contributed by atoms with Crippen molar-refractivity contribution in [2.75, 3.05) is 18.4 Å². The lowest BCUT2D eigenvalue weighted by Gasteiger charge is -2.13. The van der Waals surface area contributed by atoms with E-state index in [9.17, 15) is 0 Å². The van der Waals surface area contributed by atoms with E-state index in [0.29, 0.717) is 6.04 Å². The Morgan fingerprint density at radius 3 is 3.06 bits per heavy atom. The average Bonchev–Trinajstić information content (AvgIpc) is 2.82. The molecule has 3 rings (SSSR count). The van der Waals surface area contributed by atoms with Crippen LogP contribution >= 0.6 is 12.4 Å². The predicted octanol–water partition coefficient (Wildman–Crippen LogP) is 2.43. The van der Waals surface area contributed by atoms with Gasteiger partial charge >= 0.3 is 0 Å². The monoisotopic (exact) mass is 249 g/mol. The first-order valence-corrected chi connectivity index (χ1v) is 5.74. The van der Waals surface area contributed by atoms with Crippen LogP contribution in [0.2, 0.25) is 0 Å². The summed E-state index contributed by atoms with van der Waals surface area (Å²) < 4.78 is 0. The molecule has 90 valence electrons. The summed E-state index contributed by atoms with van der Waals surface area (Å²) in [6.45, 7) is 2.17. The number of rotatable bonds is 2. The first kappa shape index (κ1) is 12.1. The highest BCUT2D eigenvalue weighted by Gasteiger charge is 2.13. The molecule has 1 aromatic carbocycles. The molecule has 1 aliphatic rings. The van der Waals surface area contributed by atoms with E-state index in [4.69, 9.17) is 0 Å². The van der Waals surface area contributed by atoms with Gasteiger partial charge in [-0.1, -0.05) is 12.1 Å².